The van der Waals surface area contributed by atoms with E-state index in [-0.39, 0.29) is 18.3 Å². The number of ketones is 1. The van der Waals surface area contributed by atoms with E-state index in [9.17, 15) is 9.59 Å². The van der Waals surface area contributed by atoms with Crippen LogP contribution < -0.4 is 0 Å². The van der Waals surface area contributed by atoms with E-state index in [0.717, 1.165) is 0 Å². The summed E-state index contributed by atoms with van der Waals surface area (Å²) in [4.78, 5) is 28.5. The lowest BCUT2D eigenvalue weighted by atomic mass is 9.82. The molecule has 1 aliphatic rings. The third-order valence-electron chi connectivity index (χ3n) is 3.65. The van der Waals surface area contributed by atoms with Crippen molar-refractivity contribution in [1.82, 2.24) is 0 Å². The van der Waals surface area contributed by atoms with E-state index in [2.05, 4.69) is 5.16 Å². The Hall–Kier alpha value is -2.17. The van der Waals surface area contributed by atoms with Crippen LogP contribution in [0.1, 0.15) is 37.0 Å². The first-order valence-electron chi connectivity index (χ1n) is 6.65. The summed E-state index contributed by atoms with van der Waals surface area (Å²) in [5.41, 5.74) is -0.284. The third-order valence-corrected chi connectivity index (χ3v) is 3.65. The summed E-state index contributed by atoms with van der Waals surface area (Å²) in [6.45, 7) is 3.59. The van der Waals surface area contributed by atoms with Gasteiger partial charge in [-0.05, 0) is 18.0 Å². The first kappa shape index (κ1) is 14.2. The summed E-state index contributed by atoms with van der Waals surface area (Å²) in [7, 11) is 0. The fraction of sp³-hybridized carbons (Fsp3) is 0.400. The van der Waals surface area contributed by atoms with E-state index >= 15 is 0 Å². The van der Waals surface area contributed by atoms with Gasteiger partial charge >= 0.3 is 5.97 Å². The summed E-state index contributed by atoms with van der Waals surface area (Å²) in [6, 6.07) is 8.85. The second-order valence-electron chi connectivity index (χ2n) is 4.64. The van der Waals surface area contributed by atoms with Crippen molar-refractivity contribution >= 4 is 17.7 Å². The lowest BCUT2D eigenvalue weighted by molar-refractivity contribution is -0.148. The van der Waals surface area contributed by atoms with Crippen molar-refractivity contribution in [2.45, 2.75) is 26.7 Å². The Balaban J connectivity index is 2.04. The van der Waals surface area contributed by atoms with Gasteiger partial charge < -0.3 is 9.57 Å². The molecule has 0 N–H and O–H groups in total. The predicted molar refractivity (Wildman–Crippen MR) is 73.3 cm³/mol. The average molecular weight is 275 g/mol. The molecule has 0 aromatic heterocycles. The van der Waals surface area contributed by atoms with E-state index in [1.807, 2.05) is 19.9 Å². The zero-order valence-electron chi connectivity index (χ0n) is 11.6. The maximum atomic E-state index is 12.0. The lowest BCUT2D eigenvalue weighted by Crippen LogP contribution is -2.36. The molecule has 1 heterocycles. The molecule has 0 fully saturated rings. The Bertz CT molecular complexity index is 532. The Morgan fingerprint density at radius 1 is 1.25 bits per heavy atom. The summed E-state index contributed by atoms with van der Waals surface area (Å²) >= 11 is 0. The molecule has 5 heteroatoms. The maximum absolute atomic E-state index is 12.0. The number of oxime groups is 1. The third kappa shape index (κ3) is 2.43. The molecule has 0 saturated heterocycles. The van der Waals surface area contributed by atoms with Crippen molar-refractivity contribution < 1.29 is 19.2 Å². The summed E-state index contributed by atoms with van der Waals surface area (Å²) in [6.07, 6.45) is 1.06. The molecule has 0 radical (unpaired) electrons. The van der Waals surface area contributed by atoms with Gasteiger partial charge in [0.15, 0.2) is 12.4 Å². The van der Waals surface area contributed by atoms with Crippen molar-refractivity contribution in [2.75, 3.05) is 6.61 Å². The fourth-order valence-corrected chi connectivity index (χ4v) is 2.19. The molecule has 1 aromatic rings. The van der Waals surface area contributed by atoms with Gasteiger partial charge in [-0.15, -0.1) is 0 Å². The Morgan fingerprint density at radius 2 is 1.90 bits per heavy atom. The SMILES string of the molecule is CCC1(CC)C(=O)ON=C1OCC(=O)c1ccccc1. The molecule has 1 aliphatic heterocycles. The molecule has 20 heavy (non-hydrogen) atoms. The molecule has 2 rings (SSSR count). The van der Waals surface area contributed by atoms with Gasteiger partial charge in [-0.2, -0.15) is 0 Å². The maximum Gasteiger partial charge on any atom is 0.350 e. The first-order chi connectivity index (χ1) is 9.64. The lowest BCUT2D eigenvalue weighted by Gasteiger charge is -2.22. The molecule has 0 aliphatic carbocycles. The monoisotopic (exact) mass is 275 g/mol. The van der Waals surface area contributed by atoms with Crippen molar-refractivity contribution in [3.05, 3.63) is 35.9 Å². The van der Waals surface area contributed by atoms with Crippen LogP contribution in [0.3, 0.4) is 0 Å². The van der Waals surface area contributed by atoms with Crippen LogP contribution in [0.4, 0.5) is 0 Å². The number of benzene rings is 1. The molecule has 1 aromatic carbocycles. The number of carbonyl (C=O) groups is 2. The molecule has 0 saturated carbocycles. The zero-order chi connectivity index (χ0) is 14.6. The number of hydrogen-bond donors (Lipinski definition) is 0. The normalized spacial score (nSPS) is 16.5. The molecule has 0 atom stereocenters. The largest absolute Gasteiger partial charge is 0.469 e. The Morgan fingerprint density at radius 3 is 2.50 bits per heavy atom. The van der Waals surface area contributed by atoms with Crippen LogP contribution in [-0.2, 0) is 14.4 Å². The molecule has 0 amide bonds. The van der Waals surface area contributed by atoms with E-state index in [1.54, 1.807) is 24.3 Å². The van der Waals surface area contributed by atoms with Crippen LogP contribution in [0.15, 0.2) is 35.5 Å². The predicted octanol–water partition coefficient (Wildman–Crippen LogP) is 2.56. The summed E-state index contributed by atoms with van der Waals surface area (Å²) in [5, 5.41) is 3.67. The smallest absolute Gasteiger partial charge is 0.350 e. The first-order valence-corrected chi connectivity index (χ1v) is 6.65. The highest BCUT2D eigenvalue weighted by molar-refractivity contribution is 6.06. The molecular weight excluding hydrogens is 258 g/mol. The minimum absolute atomic E-state index is 0.152. The molecule has 0 bridgehead atoms. The summed E-state index contributed by atoms with van der Waals surface area (Å²) < 4.78 is 5.44. The van der Waals surface area contributed by atoms with Crippen molar-refractivity contribution in [3.8, 4) is 0 Å². The highest BCUT2D eigenvalue weighted by Gasteiger charge is 2.49. The van der Waals surface area contributed by atoms with Crippen LogP contribution in [0.5, 0.6) is 0 Å². The number of carbonyl (C=O) groups excluding carboxylic acids is 2. The second-order valence-corrected chi connectivity index (χ2v) is 4.64. The Kier molecular flexibility index (Phi) is 4.17. The molecule has 0 spiro atoms. The van der Waals surface area contributed by atoms with Gasteiger partial charge in [0.1, 0.15) is 5.41 Å². The molecule has 106 valence electrons. The number of rotatable bonds is 5. The number of hydrogen-bond acceptors (Lipinski definition) is 5. The molecule has 5 nitrogen and oxygen atoms in total. The van der Waals surface area contributed by atoms with Gasteiger partial charge in [0.05, 0.1) is 0 Å². The van der Waals surface area contributed by atoms with Gasteiger partial charge in [0.25, 0.3) is 0 Å². The highest BCUT2D eigenvalue weighted by atomic mass is 16.7. The van der Waals surface area contributed by atoms with Crippen LogP contribution in [0.25, 0.3) is 0 Å². The molecular formula is C15H17NO4. The number of nitrogens with zero attached hydrogens (tertiary/aromatic N) is 1. The second kappa shape index (κ2) is 5.86. The number of ether oxygens (including phenoxy) is 1. The minimum Gasteiger partial charge on any atom is -0.469 e. The van der Waals surface area contributed by atoms with Crippen molar-refractivity contribution in [2.24, 2.45) is 10.6 Å². The van der Waals surface area contributed by atoms with Crippen LogP contribution in [0, 0.1) is 5.41 Å². The number of Topliss-reactive ketones (excluding diaryl/α,β-unsaturated/α-hetero) is 1. The van der Waals surface area contributed by atoms with Crippen LogP contribution in [0.2, 0.25) is 0 Å². The van der Waals surface area contributed by atoms with E-state index in [0.29, 0.717) is 18.4 Å². The topological polar surface area (TPSA) is 65.0 Å². The van der Waals surface area contributed by atoms with Gasteiger partial charge in [0.2, 0.25) is 5.90 Å². The summed E-state index contributed by atoms with van der Waals surface area (Å²) in [5.74, 6) is -0.366. The quantitative estimate of drug-likeness (QED) is 0.612. The average Bonchev–Trinajstić information content (AvgIpc) is 2.82. The van der Waals surface area contributed by atoms with Gasteiger partial charge in [0, 0.05) is 5.56 Å². The Labute approximate surface area is 117 Å². The zero-order valence-corrected chi connectivity index (χ0v) is 11.6. The van der Waals surface area contributed by atoms with Crippen molar-refractivity contribution in [3.63, 3.8) is 0 Å². The van der Waals surface area contributed by atoms with Crippen LogP contribution in [-0.4, -0.2) is 24.3 Å². The minimum atomic E-state index is -0.850. The van der Waals surface area contributed by atoms with Gasteiger partial charge in [-0.3, -0.25) is 4.79 Å². The van der Waals surface area contributed by atoms with Gasteiger partial charge in [-0.1, -0.05) is 44.2 Å². The highest BCUT2D eigenvalue weighted by Crippen LogP contribution is 2.35. The van der Waals surface area contributed by atoms with Gasteiger partial charge in [-0.25, -0.2) is 4.79 Å². The van der Waals surface area contributed by atoms with E-state index < -0.39 is 11.4 Å². The standard InChI is InChI=1S/C15H17NO4/c1-3-15(4-2)13(16-20-14(15)18)19-10-12(17)11-8-6-5-7-9-11/h5-9H,3-4,10H2,1-2H3. The fourth-order valence-electron chi connectivity index (χ4n) is 2.19. The van der Waals surface area contributed by atoms with E-state index in [4.69, 9.17) is 9.57 Å². The van der Waals surface area contributed by atoms with Crippen molar-refractivity contribution in [1.29, 1.82) is 0 Å². The van der Waals surface area contributed by atoms with Crippen LogP contribution >= 0.6 is 0 Å². The molecule has 0 unspecified atom stereocenters. The van der Waals surface area contributed by atoms with E-state index in [1.165, 1.54) is 0 Å².